The third-order valence-electron chi connectivity index (χ3n) is 5.18. The molecule has 0 aliphatic heterocycles. The van der Waals surface area contributed by atoms with Gasteiger partial charge in [0.1, 0.15) is 10.3 Å². The van der Waals surface area contributed by atoms with Crippen LogP contribution in [0.5, 0.6) is 0 Å². The molecule has 0 bridgehead atoms. The first-order valence-electron chi connectivity index (χ1n) is 10.6. The van der Waals surface area contributed by atoms with Crippen LogP contribution in [0.25, 0.3) is 44.6 Å². The number of benzene rings is 4. The molecule has 0 fully saturated rings. The van der Waals surface area contributed by atoms with Gasteiger partial charge < -0.3 is 0 Å². The summed E-state index contributed by atoms with van der Waals surface area (Å²) >= 11 is 12.3. The van der Waals surface area contributed by atoms with Crippen molar-refractivity contribution in [3.63, 3.8) is 0 Å². The van der Waals surface area contributed by atoms with Crippen LogP contribution in [-0.4, -0.2) is 19.9 Å². The topological polar surface area (TPSA) is 51.6 Å². The van der Waals surface area contributed by atoms with E-state index in [1.807, 2.05) is 109 Å². The summed E-state index contributed by atoms with van der Waals surface area (Å²) in [4.78, 5) is 17.7. The van der Waals surface area contributed by atoms with Gasteiger partial charge in [-0.15, -0.1) is 0 Å². The molecule has 0 aliphatic carbocycles. The Morgan fingerprint density at radius 1 is 0.382 bits per heavy atom. The average molecular weight is 481 g/mol. The molecule has 0 aliphatic rings. The lowest BCUT2D eigenvalue weighted by atomic mass is 10.2. The van der Waals surface area contributed by atoms with Crippen LogP contribution in [0.15, 0.2) is 109 Å². The number of aromatic nitrogens is 4. The van der Waals surface area contributed by atoms with E-state index in [4.69, 9.17) is 23.2 Å². The van der Waals surface area contributed by atoms with Crippen LogP contribution < -0.4 is 0 Å². The van der Waals surface area contributed by atoms with Gasteiger partial charge in [0, 0.05) is 21.9 Å². The molecule has 0 unspecified atom stereocenters. The molecule has 6 rings (SSSR count). The summed E-state index contributed by atoms with van der Waals surface area (Å²) in [6, 6.07) is 35.1. The second-order valence-electron chi connectivity index (χ2n) is 7.44. The highest BCUT2D eigenvalue weighted by atomic mass is 35.5. The maximum atomic E-state index is 6.16. The Kier molecular flexibility index (Phi) is 6.43. The van der Waals surface area contributed by atoms with E-state index >= 15 is 0 Å². The van der Waals surface area contributed by atoms with Gasteiger partial charge in [-0.25, -0.2) is 19.9 Å². The highest BCUT2D eigenvalue weighted by molar-refractivity contribution is 6.34. The van der Waals surface area contributed by atoms with Crippen molar-refractivity contribution >= 4 is 45.0 Å². The Morgan fingerprint density at radius 2 is 0.735 bits per heavy atom. The quantitative estimate of drug-likeness (QED) is 0.236. The van der Waals surface area contributed by atoms with Gasteiger partial charge in [0.05, 0.1) is 11.0 Å². The number of halogens is 2. The Hall–Kier alpha value is -3.86. The minimum Gasteiger partial charge on any atom is -0.228 e. The fourth-order valence-electron chi connectivity index (χ4n) is 3.51. The van der Waals surface area contributed by atoms with Crippen molar-refractivity contribution in [3.05, 3.63) is 120 Å². The van der Waals surface area contributed by atoms with E-state index < -0.39 is 0 Å². The van der Waals surface area contributed by atoms with E-state index in [1.54, 1.807) is 0 Å². The van der Waals surface area contributed by atoms with Gasteiger partial charge in [0.15, 0.2) is 11.6 Å². The third-order valence-corrected chi connectivity index (χ3v) is 5.75. The molecule has 0 saturated heterocycles. The lowest BCUT2D eigenvalue weighted by Gasteiger charge is -2.03. The van der Waals surface area contributed by atoms with Crippen molar-refractivity contribution < 1.29 is 0 Å². The van der Waals surface area contributed by atoms with E-state index in [2.05, 4.69) is 19.9 Å². The molecule has 0 amide bonds. The van der Waals surface area contributed by atoms with E-state index in [9.17, 15) is 0 Å². The van der Waals surface area contributed by atoms with Crippen LogP contribution in [0.3, 0.4) is 0 Å². The first kappa shape index (κ1) is 22.0. The molecule has 0 spiro atoms. The van der Waals surface area contributed by atoms with Crippen LogP contribution in [-0.2, 0) is 0 Å². The summed E-state index contributed by atoms with van der Waals surface area (Å²) in [5.41, 5.74) is 3.68. The van der Waals surface area contributed by atoms with Crippen molar-refractivity contribution in [2.75, 3.05) is 0 Å². The van der Waals surface area contributed by atoms with Crippen LogP contribution >= 0.6 is 23.2 Å². The zero-order valence-corrected chi connectivity index (χ0v) is 19.4. The largest absolute Gasteiger partial charge is 0.228 e. The molecule has 6 aromatic rings. The lowest BCUT2D eigenvalue weighted by Crippen LogP contribution is -1.91. The van der Waals surface area contributed by atoms with Gasteiger partial charge in [-0.2, -0.15) is 0 Å². The fourth-order valence-corrected chi connectivity index (χ4v) is 3.99. The van der Waals surface area contributed by atoms with Crippen LogP contribution in [0.4, 0.5) is 0 Å². The average Bonchev–Trinajstić information content (AvgIpc) is 2.90. The maximum Gasteiger partial charge on any atom is 0.161 e. The summed E-state index contributed by atoms with van der Waals surface area (Å²) in [7, 11) is 0. The Labute approximate surface area is 206 Å². The normalized spacial score (nSPS) is 10.6. The van der Waals surface area contributed by atoms with Crippen LogP contribution in [0.2, 0.25) is 10.3 Å². The summed E-state index contributed by atoms with van der Waals surface area (Å²) in [5, 5.41) is 2.76. The highest BCUT2D eigenvalue weighted by Crippen LogP contribution is 2.25. The first-order valence-corrected chi connectivity index (χ1v) is 11.4. The molecule has 0 atom stereocenters. The summed E-state index contributed by atoms with van der Waals surface area (Å²) in [5.74, 6) is 1.32. The smallest absolute Gasteiger partial charge is 0.161 e. The van der Waals surface area contributed by atoms with E-state index in [0.29, 0.717) is 22.0 Å². The Bertz CT molecular complexity index is 1450. The highest BCUT2D eigenvalue weighted by Gasteiger charge is 2.07. The molecule has 164 valence electrons. The monoisotopic (exact) mass is 480 g/mol. The molecule has 2 heterocycles. The van der Waals surface area contributed by atoms with E-state index in [0.717, 1.165) is 32.9 Å². The zero-order chi connectivity index (χ0) is 23.3. The second-order valence-corrected chi connectivity index (χ2v) is 8.16. The minimum atomic E-state index is 0.495. The van der Waals surface area contributed by atoms with Crippen molar-refractivity contribution in [1.29, 1.82) is 0 Å². The van der Waals surface area contributed by atoms with Gasteiger partial charge in [0.2, 0.25) is 0 Å². The molecule has 34 heavy (non-hydrogen) atoms. The Morgan fingerprint density at radius 3 is 1.15 bits per heavy atom. The molecule has 0 saturated carbocycles. The van der Waals surface area contributed by atoms with Gasteiger partial charge in [-0.05, 0) is 24.3 Å². The molecule has 6 heteroatoms. The number of fused-ring (bicyclic) bond motifs is 2. The number of para-hydroxylation sites is 2. The number of rotatable bonds is 2. The zero-order valence-electron chi connectivity index (χ0n) is 17.9. The summed E-state index contributed by atoms with van der Waals surface area (Å²) < 4.78 is 0. The Balaban J connectivity index is 0.000000142. The molecule has 4 nitrogen and oxygen atoms in total. The van der Waals surface area contributed by atoms with Crippen LogP contribution in [0, 0.1) is 0 Å². The second kappa shape index (κ2) is 9.96. The van der Waals surface area contributed by atoms with Crippen LogP contribution in [0.1, 0.15) is 0 Å². The molecule has 4 aromatic carbocycles. The van der Waals surface area contributed by atoms with Crippen molar-refractivity contribution in [2.45, 2.75) is 0 Å². The standard InChI is InChI=1S/2C14H9ClN2/c2*15-13-11-8-4-5-9-12(11)16-14(17-13)10-6-2-1-3-7-10/h2*1-9H. The van der Waals surface area contributed by atoms with Gasteiger partial charge in [0.25, 0.3) is 0 Å². The van der Waals surface area contributed by atoms with Gasteiger partial charge in [-0.3, -0.25) is 0 Å². The van der Waals surface area contributed by atoms with Gasteiger partial charge in [-0.1, -0.05) is 108 Å². The molecular formula is C28H18Cl2N4. The van der Waals surface area contributed by atoms with E-state index in [1.165, 1.54) is 0 Å². The van der Waals surface area contributed by atoms with E-state index in [-0.39, 0.29) is 0 Å². The predicted molar refractivity (Wildman–Crippen MR) is 140 cm³/mol. The maximum absolute atomic E-state index is 6.16. The predicted octanol–water partition coefficient (Wildman–Crippen LogP) is 7.90. The third kappa shape index (κ3) is 4.74. The molecule has 0 N–H and O–H groups in total. The van der Waals surface area contributed by atoms with Crippen molar-refractivity contribution in [2.24, 2.45) is 0 Å². The first-order chi connectivity index (χ1) is 16.7. The molecule has 0 radical (unpaired) electrons. The SMILES string of the molecule is Clc1nc(-c2ccccc2)nc2ccccc12.Clc1nc(-c2ccccc2)nc2ccccc12. The summed E-state index contributed by atoms with van der Waals surface area (Å²) in [6.45, 7) is 0. The number of hydrogen-bond acceptors (Lipinski definition) is 4. The number of nitrogens with zero attached hydrogens (tertiary/aromatic N) is 4. The lowest BCUT2D eigenvalue weighted by molar-refractivity contribution is 1.23. The fraction of sp³-hybridized carbons (Fsp3) is 0. The molecule has 2 aromatic heterocycles. The van der Waals surface area contributed by atoms with Crippen molar-refractivity contribution in [3.8, 4) is 22.8 Å². The number of hydrogen-bond donors (Lipinski definition) is 0. The van der Waals surface area contributed by atoms with Gasteiger partial charge >= 0.3 is 0 Å². The molecular weight excluding hydrogens is 463 g/mol. The summed E-state index contributed by atoms with van der Waals surface area (Å²) in [6.07, 6.45) is 0. The minimum absolute atomic E-state index is 0.495. The van der Waals surface area contributed by atoms with Crippen molar-refractivity contribution in [1.82, 2.24) is 19.9 Å².